The van der Waals surface area contributed by atoms with Crippen molar-refractivity contribution in [3.8, 4) is 5.75 Å². The number of anilines is 1. The molecule has 1 atom stereocenters. The molecule has 0 radical (unpaired) electrons. The molecule has 0 saturated heterocycles. The van der Waals surface area contributed by atoms with E-state index in [-0.39, 0.29) is 6.54 Å². The summed E-state index contributed by atoms with van der Waals surface area (Å²) < 4.78 is 31.8. The Kier molecular flexibility index (Phi) is 4.79. The summed E-state index contributed by atoms with van der Waals surface area (Å²) in [5.41, 5.74) is 5.79. The Morgan fingerprint density at radius 1 is 1.47 bits per heavy atom. The van der Waals surface area contributed by atoms with Crippen molar-refractivity contribution in [2.45, 2.75) is 12.2 Å². The second-order valence-corrected chi connectivity index (χ2v) is 6.59. The Morgan fingerprint density at radius 2 is 2.12 bits per heavy atom. The van der Waals surface area contributed by atoms with E-state index in [9.17, 15) is 8.42 Å². The Hall–Kier alpha value is -0.790. The summed E-state index contributed by atoms with van der Waals surface area (Å²) in [6.45, 7) is 1.62. The van der Waals surface area contributed by atoms with E-state index in [2.05, 4.69) is 20.7 Å². The molecule has 0 aliphatic rings. The number of sulfonamides is 1. The Morgan fingerprint density at radius 3 is 2.65 bits per heavy atom. The fourth-order valence-corrected chi connectivity index (χ4v) is 2.50. The number of nitrogens with two attached hydrogens (primary N) is 1. The lowest BCUT2D eigenvalue weighted by atomic mass is 10.3. The van der Waals surface area contributed by atoms with E-state index in [1.807, 2.05) is 0 Å². The molecule has 0 aliphatic carbocycles. The van der Waals surface area contributed by atoms with Gasteiger partial charge in [-0.2, -0.15) is 0 Å². The summed E-state index contributed by atoms with van der Waals surface area (Å²) in [4.78, 5) is 0. The van der Waals surface area contributed by atoms with Gasteiger partial charge in [-0.1, -0.05) is 15.9 Å². The quantitative estimate of drug-likeness (QED) is 0.861. The van der Waals surface area contributed by atoms with Gasteiger partial charge in [0.05, 0.1) is 18.0 Å². The maximum Gasteiger partial charge on any atom is 0.236 e. The first kappa shape index (κ1) is 14.3. The van der Waals surface area contributed by atoms with E-state index in [4.69, 9.17) is 10.5 Å². The zero-order valence-corrected chi connectivity index (χ0v) is 12.0. The summed E-state index contributed by atoms with van der Waals surface area (Å²) in [6, 6.07) is 5.00. The zero-order chi connectivity index (χ0) is 13.1. The van der Waals surface area contributed by atoms with E-state index >= 15 is 0 Å². The highest BCUT2D eigenvalue weighted by Crippen LogP contribution is 2.25. The van der Waals surface area contributed by atoms with Crippen molar-refractivity contribution in [1.82, 2.24) is 0 Å². The third kappa shape index (κ3) is 3.86. The first-order chi connectivity index (χ1) is 7.89. The number of nitrogens with one attached hydrogen (secondary N) is 1. The Labute approximate surface area is 110 Å². The molecule has 17 heavy (non-hydrogen) atoms. The lowest BCUT2D eigenvalue weighted by molar-refractivity contribution is 0.415. The number of rotatable bonds is 5. The molecule has 1 unspecified atom stereocenters. The maximum absolute atomic E-state index is 11.8. The van der Waals surface area contributed by atoms with Crippen LogP contribution in [0.5, 0.6) is 5.75 Å². The minimum absolute atomic E-state index is 0.0699. The Bertz CT molecular complexity index is 490. The molecule has 0 fully saturated rings. The van der Waals surface area contributed by atoms with Crippen LogP contribution in [0.15, 0.2) is 22.7 Å². The van der Waals surface area contributed by atoms with Gasteiger partial charge in [0, 0.05) is 17.1 Å². The van der Waals surface area contributed by atoms with Gasteiger partial charge in [0.2, 0.25) is 10.0 Å². The lowest BCUT2D eigenvalue weighted by Gasteiger charge is -2.13. The van der Waals surface area contributed by atoms with Crippen molar-refractivity contribution in [1.29, 1.82) is 0 Å². The predicted octanol–water partition coefficient (Wildman–Crippen LogP) is 1.55. The molecule has 1 rings (SSSR count). The summed E-state index contributed by atoms with van der Waals surface area (Å²) in [7, 11) is -1.94. The van der Waals surface area contributed by atoms with E-state index in [1.54, 1.807) is 25.1 Å². The van der Waals surface area contributed by atoms with Gasteiger partial charge in [-0.15, -0.1) is 0 Å². The lowest BCUT2D eigenvalue weighted by Crippen LogP contribution is -2.31. The van der Waals surface area contributed by atoms with Crippen molar-refractivity contribution in [3.63, 3.8) is 0 Å². The fourth-order valence-electron chi connectivity index (χ4n) is 1.13. The summed E-state index contributed by atoms with van der Waals surface area (Å²) >= 11 is 3.28. The minimum atomic E-state index is -3.46. The van der Waals surface area contributed by atoms with Crippen molar-refractivity contribution in [2.24, 2.45) is 5.73 Å². The third-order valence-electron chi connectivity index (χ3n) is 2.23. The van der Waals surface area contributed by atoms with Crippen molar-refractivity contribution < 1.29 is 13.2 Å². The average Bonchev–Trinajstić information content (AvgIpc) is 2.26. The molecule has 96 valence electrons. The molecule has 0 saturated carbocycles. The highest BCUT2D eigenvalue weighted by atomic mass is 79.9. The van der Waals surface area contributed by atoms with Gasteiger partial charge in [0.15, 0.2) is 0 Å². The molecular formula is C10H15BrN2O3S. The molecule has 0 bridgehead atoms. The normalized spacial score (nSPS) is 13.2. The van der Waals surface area contributed by atoms with Crippen LogP contribution in [0.1, 0.15) is 6.92 Å². The minimum Gasteiger partial charge on any atom is -0.497 e. The van der Waals surface area contributed by atoms with Gasteiger partial charge in [-0.05, 0) is 19.1 Å². The molecule has 5 nitrogen and oxygen atoms in total. The number of hydrogen-bond donors (Lipinski definition) is 2. The number of methoxy groups -OCH3 is 1. The van der Waals surface area contributed by atoms with Gasteiger partial charge >= 0.3 is 0 Å². The van der Waals surface area contributed by atoms with Crippen LogP contribution >= 0.6 is 15.9 Å². The number of ether oxygens (including phenoxy) is 1. The molecule has 0 aromatic heterocycles. The van der Waals surface area contributed by atoms with Crippen LogP contribution in [-0.4, -0.2) is 27.3 Å². The van der Waals surface area contributed by atoms with Crippen LogP contribution in [0.3, 0.4) is 0 Å². The zero-order valence-electron chi connectivity index (χ0n) is 9.60. The van der Waals surface area contributed by atoms with Crippen LogP contribution in [0.4, 0.5) is 5.69 Å². The highest BCUT2D eigenvalue weighted by molar-refractivity contribution is 9.10. The second kappa shape index (κ2) is 5.70. The van der Waals surface area contributed by atoms with Gasteiger partial charge in [-0.25, -0.2) is 8.42 Å². The summed E-state index contributed by atoms with van der Waals surface area (Å²) in [6.07, 6.45) is 0. The second-order valence-electron chi connectivity index (χ2n) is 3.57. The number of halogens is 1. The largest absolute Gasteiger partial charge is 0.497 e. The summed E-state index contributed by atoms with van der Waals surface area (Å²) in [5.74, 6) is 0.567. The standard InChI is InChI=1S/C10H15BrN2O3S/c1-7(6-12)17(14,15)13-9-3-8(11)4-10(5-9)16-2/h3-5,7,13H,6,12H2,1-2H3. The molecule has 1 aromatic carbocycles. The summed E-state index contributed by atoms with van der Waals surface area (Å²) in [5, 5.41) is -0.646. The molecule has 0 heterocycles. The SMILES string of the molecule is COc1cc(Br)cc(NS(=O)(=O)C(C)CN)c1. The highest BCUT2D eigenvalue weighted by Gasteiger charge is 2.19. The maximum atomic E-state index is 11.8. The molecule has 1 aromatic rings. The van der Waals surface area contributed by atoms with E-state index in [0.717, 1.165) is 4.47 Å². The van der Waals surface area contributed by atoms with Gasteiger partial charge < -0.3 is 10.5 Å². The van der Waals surface area contributed by atoms with Crippen molar-refractivity contribution in [3.05, 3.63) is 22.7 Å². The van der Waals surface area contributed by atoms with Gasteiger partial charge in [0.1, 0.15) is 5.75 Å². The third-order valence-corrected chi connectivity index (χ3v) is 4.46. The molecular weight excluding hydrogens is 308 g/mol. The van der Waals surface area contributed by atoms with Crippen LogP contribution in [0.2, 0.25) is 0 Å². The average molecular weight is 323 g/mol. The molecule has 0 spiro atoms. The van der Waals surface area contributed by atoms with Crippen LogP contribution in [0.25, 0.3) is 0 Å². The van der Waals surface area contributed by atoms with Crippen LogP contribution < -0.4 is 15.2 Å². The van der Waals surface area contributed by atoms with E-state index < -0.39 is 15.3 Å². The predicted molar refractivity (Wildman–Crippen MR) is 71.8 cm³/mol. The first-order valence-electron chi connectivity index (χ1n) is 4.95. The van der Waals surface area contributed by atoms with Gasteiger partial charge in [-0.3, -0.25) is 4.72 Å². The van der Waals surface area contributed by atoms with Crippen LogP contribution in [-0.2, 0) is 10.0 Å². The number of benzene rings is 1. The monoisotopic (exact) mass is 322 g/mol. The molecule has 0 amide bonds. The smallest absolute Gasteiger partial charge is 0.236 e. The fraction of sp³-hybridized carbons (Fsp3) is 0.400. The Balaban J connectivity index is 2.99. The van der Waals surface area contributed by atoms with Crippen molar-refractivity contribution >= 4 is 31.6 Å². The van der Waals surface area contributed by atoms with E-state index in [0.29, 0.717) is 11.4 Å². The topological polar surface area (TPSA) is 81.4 Å². The van der Waals surface area contributed by atoms with Crippen molar-refractivity contribution in [2.75, 3.05) is 18.4 Å². The van der Waals surface area contributed by atoms with E-state index in [1.165, 1.54) is 7.11 Å². The first-order valence-corrected chi connectivity index (χ1v) is 7.29. The number of hydrogen-bond acceptors (Lipinski definition) is 4. The van der Waals surface area contributed by atoms with Gasteiger partial charge in [0.25, 0.3) is 0 Å². The molecule has 0 aliphatic heterocycles. The molecule has 3 N–H and O–H groups in total. The molecule has 7 heteroatoms. The van der Waals surface area contributed by atoms with Crippen LogP contribution in [0, 0.1) is 0 Å².